The fourth-order valence-corrected chi connectivity index (χ4v) is 7.22. The van der Waals surface area contributed by atoms with E-state index in [1.54, 1.807) is 20.8 Å². The van der Waals surface area contributed by atoms with Crippen LogP contribution in [0.5, 0.6) is 0 Å². The summed E-state index contributed by atoms with van der Waals surface area (Å²) < 4.78 is 38.5. The van der Waals surface area contributed by atoms with E-state index in [1.165, 1.54) is 4.90 Å². The highest BCUT2D eigenvalue weighted by Crippen LogP contribution is 2.31. The SMILES string of the molecule is CC(C)(C)OC(=O)[C@@H]1CCCN1C(=O)[C@@H](O)CC(=O)N[C@@H]1O[C@H](COCc2ccccc2)[C@@H](OCc2ccccc2)[C@H](OCc2ccccc2)[C@H]1OCc1ccccc1. The minimum atomic E-state index is -1.72. The summed E-state index contributed by atoms with van der Waals surface area (Å²) in [6, 6.07) is 38.0. The number of aliphatic hydroxyl groups is 1. The quantitative estimate of drug-likeness (QED) is 0.117. The van der Waals surface area contributed by atoms with Crippen molar-refractivity contribution in [3.8, 4) is 0 Å². The monoisotopic (exact) mass is 808 g/mol. The molecule has 7 atom stereocenters. The van der Waals surface area contributed by atoms with Crippen molar-refractivity contribution in [1.29, 1.82) is 0 Å². The largest absolute Gasteiger partial charge is 0.458 e. The first-order valence-electron chi connectivity index (χ1n) is 20.3. The Kier molecular flexibility index (Phi) is 15.8. The van der Waals surface area contributed by atoms with Crippen molar-refractivity contribution in [2.24, 2.45) is 0 Å². The molecule has 4 aromatic rings. The van der Waals surface area contributed by atoms with E-state index < -0.39 is 72.6 Å². The summed E-state index contributed by atoms with van der Waals surface area (Å²) >= 11 is 0. The maximum Gasteiger partial charge on any atom is 0.329 e. The van der Waals surface area contributed by atoms with Crippen LogP contribution < -0.4 is 5.32 Å². The number of carbonyl (C=O) groups is 3. The molecular formula is C47H56N2O10. The minimum Gasteiger partial charge on any atom is -0.458 e. The molecule has 0 unspecified atom stereocenters. The van der Waals surface area contributed by atoms with Crippen LogP contribution >= 0.6 is 0 Å². The Balaban J connectivity index is 1.26. The molecule has 0 aromatic heterocycles. The van der Waals surface area contributed by atoms with Crippen molar-refractivity contribution in [3.05, 3.63) is 144 Å². The van der Waals surface area contributed by atoms with Gasteiger partial charge < -0.3 is 43.7 Å². The first-order valence-corrected chi connectivity index (χ1v) is 20.3. The average molecular weight is 809 g/mol. The van der Waals surface area contributed by atoms with Gasteiger partial charge in [-0.25, -0.2) is 4.79 Å². The van der Waals surface area contributed by atoms with Crippen molar-refractivity contribution in [3.63, 3.8) is 0 Å². The number of nitrogens with zero attached hydrogens (tertiary/aromatic N) is 1. The van der Waals surface area contributed by atoms with E-state index in [4.69, 9.17) is 28.4 Å². The van der Waals surface area contributed by atoms with Crippen LogP contribution in [0.3, 0.4) is 0 Å². The van der Waals surface area contributed by atoms with E-state index in [2.05, 4.69) is 5.32 Å². The summed E-state index contributed by atoms with van der Waals surface area (Å²) in [7, 11) is 0. The molecule has 12 nitrogen and oxygen atoms in total. The van der Waals surface area contributed by atoms with E-state index in [0.29, 0.717) is 19.4 Å². The van der Waals surface area contributed by atoms with E-state index in [-0.39, 0.29) is 33.0 Å². The Morgan fingerprint density at radius 3 is 1.69 bits per heavy atom. The molecule has 0 spiro atoms. The fraction of sp³-hybridized carbons (Fsp3) is 0.426. The molecule has 59 heavy (non-hydrogen) atoms. The van der Waals surface area contributed by atoms with Gasteiger partial charge in [-0.3, -0.25) is 9.59 Å². The highest BCUT2D eigenvalue weighted by Gasteiger charge is 2.49. The number of carbonyl (C=O) groups excluding carboxylic acids is 3. The molecule has 0 saturated carbocycles. The van der Waals surface area contributed by atoms with E-state index in [1.807, 2.05) is 121 Å². The van der Waals surface area contributed by atoms with E-state index >= 15 is 0 Å². The summed E-state index contributed by atoms with van der Waals surface area (Å²) in [5.74, 6) is -1.92. The molecule has 2 saturated heterocycles. The predicted octanol–water partition coefficient (Wildman–Crippen LogP) is 5.88. The first kappa shape index (κ1) is 43.6. The van der Waals surface area contributed by atoms with Crippen LogP contribution in [0.4, 0.5) is 0 Å². The van der Waals surface area contributed by atoms with Crippen LogP contribution in [-0.2, 0) is 69.2 Å². The number of likely N-dealkylation sites (tertiary alicyclic amines) is 1. The number of nitrogens with one attached hydrogen (secondary N) is 1. The van der Waals surface area contributed by atoms with Gasteiger partial charge in [-0.2, -0.15) is 0 Å². The predicted molar refractivity (Wildman–Crippen MR) is 219 cm³/mol. The van der Waals surface area contributed by atoms with E-state index in [9.17, 15) is 19.5 Å². The second-order valence-electron chi connectivity index (χ2n) is 15.9. The maximum atomic E-state index is 13.9. The normalized spacial score (nSPS) is 22.4. The molecule has 2 fully saturated rings. The lowest BCUT2D eigenvalue weighted by molar-refractivity contribution is -0.277. The Bertz CT molecular complexity index is 1890. The molecule has 12 heteroatoms. The first-order chi connectivity index (χ1) is 28.5. The van der Waals surface area contributed by atoms with E-state index in [0.717, 1.165) is 22.3 Å². The second kappa shape index (κ2) is 21.3. The van der Waals surface area contributed by atoms with Gasteiger partial charge in [0.05, 0.1) is 39.5 Å². The molecule has 4 aromatic carbocycles. The summed E-state index contributed by atoms with van der Waals surface area (Å²) in [4.78, 5) is 41.7. The molecule has 0 aliphatic carbocycles. The molecule has 2 aliphatic rings. The number of hydrogen-bond acceptors (Lipinski definition) is 10. The molecule has 2 aliphatic heterocycles. The summed E-state index contributed by atoms with van der Waals surface area (Å²) in [5, 5.41) is 14.1. The van der Waals surface area contributed by atoms with Gasteiger partial charge in [0.15, 0.2) is 6.23 Å². The zero-order valence-corrected chi connectivity index (χ0v) is 34.0. The van der Waals surface area contributed by atoms with Gasteiger partial charge in [-0.1, -0.05) is 121 Å². The third-order valence-corrected chi connectivity index (χ3v) is 10.1. The average Bonchev–Trinajstić information content (AvgIpc) is 3.73. The maximum absolute atomic E-state index is 13.9. The van der Waals surface area contributed by atoms with Crippen molar-refractivity contribution in [1.82, 2.24) is 10.2 Å². The minimum absolute atomic E-state index is 0.0828. The molecule has 2 N–H and O–H groups in total. The number of aliphatic hydroxyl groups excluding tert-OH is 1. The smallest absolute Gasteiger partial charge is 0.329 e. The van der Waals surface area contributed by atoms with Crippen molar-refractivity contribution < 1.29 is 47.9 Å². The van der Waals surface area contributed by atoms with Crippen LogP contribution in [0.15, 0.2) is 121 Å². The lowest BCUT2D eigenvalue weighted by atomic mass is 9.96. The summed E-state index contributed by atoms with van der Waals surface area (Å²) in [6.07, 6.45) is -5.64. The van der Waals surface area contributed by atoms with Crippen molar-refractivity contribution in [2.45, 2.75) is 115 Å². The Morgan fingerprint density at radius 1 is 0.712 bits per heavy atom. The Labute approximate surface area is 346 Å². The van der Waals surface area contributed by atoms with Crippen LogP contribution in [0.2, 0.25) is 0 Å². The fourth-order valence-electron chi connectivity index (χ4n) is 7.22. The van der Waals surface area contributed by atoms with Crippen LogP contribution in [-0.4, -0.2) is 89.3 Å². The molecule has 2 heterocycles. The topological polar surface area (TPSA) is 142 Å². The third kappa shape index (κ3) is 13.0. The van der Waals surface area contributed by atoms with Crippen LogP contribution in [0, 0.1) is 0 Å². The number of hydrogen-bond donors (Lipinski definition) is 2. The number of amides is 2. The lowest BCUT2D eigenvalue weighted by Gasteiger charge is -2.46. The Morgan fingerprint density at radius 2 is 1.19 bits per heavy atom. The van der Waals surface area contributed by atoms with Gasteiger partial charge in [0, 0.05) is 6.54 Å². The van der Waals surface area contributed by atoms with Crippen LogP contribution in [0.1, 0.15) is 62.3 Å². The van der Waals surface area contributed by atoms with Gasteiger partial charge >= 0.3 is 5.97 Å². The standard InChI is InChI=1S/C47H56N2O10/c1-47(2,3)59-46(53)37-25-16-26-49(37)45(52)38(50)27-40(51)48-44-43(57-31-36-23-14-7-15-24-36)42(56-30-35-21-12-6-13-22-35)41(55-29-34-19-10-5-11-20-34)39(58-44)32-54-28-33-17-8-4-9-18-33/h4-15,17-24,37-39,41-44,50H,16,25-32H2,1-3H3,(H,48,51)/t37-,38-,39+,41+,42-,43+,44+/m0/s1. The zero-order valence-electron chi connectivity index (χ0n) is 34.0. The van der Waals surface area contributed by atoms with Gasteiger partial charge in [0.25, 0.3) is 5.91 Å². The van der Waals surface area contributed by atoms with Crippen molar-refractivity contribution >= 4 is 17.8 Å². The Hall–Kier alpha value is -4.95. The molecule has 6 rings (SSSR count). The number of rotatable bonds is 18. The molecular weight excluding hydrogens is 753 g/mol. The third-order valence-electron chi connectivity index (χ3n) is 10.1. The lowest BCUT2D eigenvalue weighted by Crippen LogP contribution is -2.65. The van der Waals surface area contributed by atoms with Crippen LogP contribution in [0.25, 0.3) is 0 Å². The van der Waals surface area contributed by atoms with Gasteiger partial charge in [0.2, 0.25) is 5.91 Å². The van der Waals surface area contributed by atoms with Gasteiger partial charge in [-0.15, -0.1) is 0 Å². The molecule has 0 radical (unpaired) electrons. The highest BCUT2D eigenvalue weighted by atomic mass is 16.6. The second-order valence-corrected chi connectivity index (χ2v) is 15.9. The molecule has 2 amide bonds. The van der Waals surface area contributed by atoms with Crippen molar-refractivity contribution in [2.75, 3.05) is 13.2 Å². The number of esters is 1. The number of ether oxygens (including phenoxy) is 6. The number of benzene rings is 4. The molecule has 314 valence electrons. The summed E-state index contributed by atoms with van der Waals surface area (Å²) in [6.45, 7) is 6.53. The van der Waals surface area contributed by atoms with Gasteiger partial charge in [-0.05, 0) is 55.9 Å². The zero-order chi connectivity index (χ0) is 41.6. The molecule has 0 bridgehead atoms. The summed E-state index contributed by atoms with van der Waals surface area (Å²) in [5.41, 5.74) is 2.99. The van der Waals surface area contributed by atoms with Gasteiger partial charge in [0.1, 0.15) is 42.2 Å². The highest BCUT2D eigenvalue weighted by molar-refractivity contribution is 5.91.